The molecule has 0 aliphatic carbocycles. The number of anilines is 1. The van der Waals surface area contributed by atoms with Crippen LogP contribution >= 0.6 is 0 Å². The van der Waals surface area contributed by atoms with Crippen molar-refractivity contribution in [3.05, 3.63) is 59.7 Å². The Labute approximate surface area is 185 Å². The summed E-state index contributed by atoms with van der Waals surface area (Å²) in [7, 11) is -3.66. The highest BCUT2D eigenvalue weighted by atomic mass is 32.2. The van der Waals surface area contributed by atoms with Crippen LogP contribution < -0.4 is 14.4 Å². The van der Waals surface area contributed by atoms with Crippen LogP contribution in [0, 0.1) is 6.92 Å². The molecule has 0 bridgehead atoms. The highest BCUT2D eigenvalue weighted by Gasteiger charge is 2.40. The van der Waals surface area contributed by atoms with Crippen LogP contribution in [0.5, 0.6) is 5.75 Å². The van der Waals surface area contributed by atoms with Crippen LogP contribution in [0.4, 0.5) is 5.69 Å². The number of para-hydroxylation sites is 1. The molecule has 1 aliphatic rings. The molecule has 0 fully saturated rings. The molecule has 2 atom stereocenters. The summed E-state index contributed by atoms with van der Waals surface area (Å²) >= 11 is 0. The summed E-state index contributed by atoms with van der Waals surface area (Å²) in [5.41, 5.74) is 2.05. The van der Waals surface area contributed by atoms with Crippen LogP contribution in [-0.2, 0) is 14.8 Å². The van der Waals surface area contributed by atoms with Crippen molar-refractivity contribution in [3.63, 3.8) is 0 Å². The molecule has 0 saturated heterocycles. The molecule has 7 heteroatoms. The number of sulfonamides is 1. The normalized spacial score (nSPS) is 18.4. The molecule has 6 nitrogen and oxygen atoms in total. The summed E-state index contributed by atoms with van der Waals surface area (Å²) in [6, 6.07) is 13.7. The quantitative estimate of drug-likeness (QED) is 0.689. The molecule has 0 radical (unpaired) electrons. The molecular formula is C24H32N2O4S. The Kier molecular flexibility index (Phi) is 6.65. The van der Waals surface area contributed by atoms with E-state index in [9.17, 15) is 13.2 Å². The molecule has 0 spiro atoms. The maximum Gasteiger partial charge on any atom is 0.244 e. The number of fused-ring (bicyclic) bond motifs is 1. The van der Waals surface area contributed by atoms with Crippen LogP contribution in [-0.4, -0.2) is 32.2 Å². The fourth-order valence-electron chi connectivity index (χ4n) is 4.22. The number of nitrogens with zero attached hydrogens (tertiary/aromatic N) is 1. The predicted molar refractivity (Wildman–Crippen MR) is 124 cm³/mol. The molecule has 1 aliphatic heterocycles. The van der Waals surface area contributed by atoms with Gasteiger partial charge in [0.05, 0.1) is 18.0 Å². The number of ether oxygens (including phenoxy) is 1. The van der Waals surface area contributed by atoms with Gasteiger partial charge in [-0.2, -0.15) is 0 Å². The summed E-state index contributed by atoms with van der Waals surface area (Å²) in [6.45, 7) is 7.72. The van der Waals surface area contributed by atoms with Gasteiger partial charge in [-0.15, -0.1) is 0 Å². The molecular weight excluding hydrogens is 412 g/mol. The zero-order chi connectivity index (χ0) is 22.8. The molecule has 0 unspecified atom stereocenters. The topological polar surface area (TPSA) is 75.7 Å². The number of hydrogen-bond donors (Lipinski definition) is 1. The van der Waals surface area contributed by atoms with Gasteiger partial charge < -0.3 is 10.1 Å². The summed E-state index contributed by atoms with van der Waals surface area (Å²) in [6.07, 6.45) is 3.40. The van der Waals surface area contributed by atoms with E-state index in [-0.39, 0.29) is 17.6 Å². The van der Waals surface area contributed by atoms with Gasteiger partial charge in [-0.25, -0.2) is 8.42 Å². The minimum Gasteiger partial charge on any atom is -0.487 e. The van der Waals surface area contributed by atoms with Gasteiger partial charge in [-0.05, 0) is 44.9 Å². The van der Waals surface area contributed by atoms with Crippen LogP contribution in [0.3, 0.4) is 0 Å². The van der Waals surface area contributed by atoms with E-state index in [4.69, 9.17) is 4.74 Å². The third-order valence-electron chi connectivity index (χ3n) is 6.18. The van der Waals surface area contributed by atoms with Gasteiger partial charge in [0.2, 0.25) is 15.9 Å². The molecule has 1 N–H and O–H groups in total. The van der Waals surface area contributed by atoms with Crippen molar-refractivity contribution in [2.45, 2.75) is 64.6 Å². The lowest BCUT2D eigenvalue weighted by Gasteiger charge is -2.42. The van der Waals surface area contributed by atoms with E-state index >= 15 is 0 Å². The van der Waals surface area contributed by atoms with Crippen molar-refractivity contribution in [1.82, 2.24) is 5.32 Å². The zero-order valence-corrected chi connectivity index (χ0v) is 19.7. The lowest BCUT2D eigenvalue weighted by Crippen LogP contribution is -2.51. The van der Waals surface area contributed by atoms with Gasteiger partial charge >= 0.3 is 0 Å². The van der Waals surface area contributed by atoms with Gasteiger partial charge in [-0.3, -0.25) is 9.10 Å². The number of carbonyl (C=O) groups is 1. The molecule has 1 amide bonds. The van der Waals surface area contributed by atoms with Crippen molar-refractivity contribution in [3.8, 4) is 5.75 Å². The molecule has 168 valence electrons. The second kappa shape index (κ2) is 8.91. The Morgan fingerprint density at radius 2 is 1.77 bits per heavy atom. The number of hydrogen-bond acceptors (Lipinski definition) is 4. The highest BCUT2D eigenvalue weighted by molar-refractivity contribution is 7.92. The monoisotopic (exact) mass is 444 g/mol. The Morgan fingerprint density at radius 1 is 1.16 bits per heavy atom. The maximum absolute atomic E-state index is 13.3. The van der Waals surface area contributed by atoms with Crippen LogP contribution in [0.15, 0.2) is 48.5 Å². The first kappa shape index (κ1) is 23.1. The average Bonchev–Trinajstić information content (AvgIpc) is 2.74. The average molecular weight is 445 g/mol. The van der Waals surface area contributed by atoms with E-state index in [0.29, 0.717) is 12.1 Å². The second-order valence-electron chi connectivity index (χ2n) is 8.37. The van der Waals surface area contributed by atoms with Crippen LogP contribution in [0.1, 0.15) is 57.2 Å². The maximum atomic E-state index is 13.3. The van der Waals surface area contributed by atoms with Gasteiger partial charge in [0, 0.05) is 12.0 Å². The first-order valence-corrected chi connectivity index (χ1v) is 12.6. The Hall–Kier alpha value is -2.54. The Bertz CT molecular complexity index is 1030. The third-order valence-corrected chi connectivity index (χ3v) is 7.42. The highest BCUT2D eigenvalue weighted by Crippen LogP contribution is 2.42. The zero-order valence-electron chi connectivity index (χ0n) is 18.9. The predicted octanol–water partition coefficient (Wildman–Crippen LogP) is 4.35. The Balaban J connectivity index is 1.90. The number of benzene rings is 2. The van der Waals surface area contributed by atoms with Crippen LogP contribution in [0.25, 0.3) is 0 Å². The van der Waals surface area contributed by atoms with Gasteiger partial charge in [-0.1, -0.05) is 49.7 Å². The first-order chi connectivity index (χ1) is 14.6. The minimum atomic E-state index is -3.66. The molecule has 0 aromatic heterocycles. The summed E-state index contributed by atoms with van der Waals surface area (Å²) in [5, 5.41) is 3.11. The van der Waals surface area contributed by atoms with Crippen molar-refractivity contribution < 1.29 is 17.9 Å². The summed E-state index contributed by atoms with van der Waals surface area (Å²) in [5.74, 6) is 0.433. The van der Waals surface area contributed by atoms with Crippen molar-refractivity contribution in [1.29, 1.82) is 0 Å². The second-order valence-corrected chi connectivity index (χ2v) is 10.2. The summed E-state index contributed by atoms with van der Waals surface area (Å²) < 4.78 is 32.6. The largest absolute Gasteiger partial charge is 0.487 e. The van der Waals surface area contributed by atoms with Gasteiger partial charge in [0.25, 0.3) is 0 Å². The number of rotatable bonds is 7. The molecule has 3 rings (SSSR count). The fraction of sp³-hybridized carbons (Fsp3) is 0.458. The van der Waals surface area contributed by atoms with E-state index in [0.717, 1.165) is 36.0 Å². The standard InChI is InChI=1S/C24H32N2O4S/c1-6-24(7-2)16-21(20-10-8-9-11-22(20)30-24)25-23(27)18(4)26(31(5,28)29)19-14-12-17(3)13-15-19/h8-15,18,21H,6-7,16H2,1-5H3,(H,25,27)/t18-,21-/m0/s1. The lowest BCUT2D eigenvalue weighted by atomic mass is 9.83. The van der Waals surface area contributed by atoms with E-state index in [1.54, 1.807) is 19.1 Å². The van der Waals surface area contributed by atoms with Crippen molar-refractivity contribution in [2.75, 3.05) is 10.6 Å². The minimum absolute atomic E-state index is 0.251. The van der Waals surface area contributed by atoms with E-state index < -0.39 is 16.1 Å². The van der Waals surface area contributed by atoms with Crippen LogP contribution in [0.2, 0.25) is 0 Å². The van der Waals surface area contributed by atoms with E-state index in [1.165, 1.54) is 4.31 Å². The first-order valence-electron chi connectivity index (χ1n) is 10.7. The lowest BCUT2D eigenvalue weighted by molar-refractivity contribution is -0.123. The van der Waals surface area contributed by atoms with E-state index in [2.05, 4.69) is 19.2 Å². The number of nitrogens with one attached hydrogen (secondary N) is 1. The third kappa shape index (κ3) is 4.87. The smallest absolute Gasteiger partial charge is 0.244 e. The number of carbonyl (C=O) groups excluding carboxylic acids is 1. The summed E-state index contributed by atoms with van der Waals surface area (Å²) in [4.78, 5) is 13.3. The molecule has 2 aromatic carbocycles. The fourth-order valence-corrected chi connectivity index (χ4v) is 5.40. The van der Waals surface area contributed by atoms with Gasteiger partial charge in [0.15, 0.2) is 0 Å². The molecule has 2 aromatic rings. The molecule has 31 heavy (non-hydrogen) atoms. The number of amides is 1. The van der Waals surface area contributed by atoms with E-state index in [1.807, 2.05) is 43.3 Å². The number of aryl methyl sites for hydroxylation is 1. The molecule has 0 saturated carbocycles. The molecule has 1 heterocycles. The Morgan fingerprint density at radius 3 is 2.35 bits per heavy atom. The van der Waals surface area contributed by atoms with Gasteiger partial charge in [0.1, 0.15) is 17.4 Å². The van der Waals surface area contributed by atoms with Crippen molar-refractivity contribution >= 4 is 21.6 Å². The SMILES string of the molecule is CCC1(CC)C[C@H](NC(=O)[C@H](C)N(c2ccc(C)cc2)S(C)(=O)=O)c2ccccc2O1. The van der Waals surface area contributed by atoms with Crippen molar-refractivity contribution in [2.24, 2.45) is 0 Å².